The molecule has 1 aromatic rings. The quantitative estimate of drug-likeness (QED) is 0.789. The van der Waals surface area contributed by atoms with E-state index in [1.807, 2.05) is 0 Å². The fraction of sp³-hybridized carbons (Fsp3) is 0.647. The van der Waals surface area contributed by atoms with Gasteiger partial charge in [-0.15, -0.1) is 0 Å². The minimum absolute atomic E-state index is 0.0511. The first kappa shape index (κ1) is 16.2. The van der Waals surface area contributed by atoms with Crippen molar-refractivity contribution in [1.29, 1.82) is 0 Å². The maximum atomic E-state index is 10.4. The summed E-state index contributed by atoms with van der Waals surface area (Å²) in [4.78, 5) is 0. The molecule has 2 nitrogen and oxygen atoms in total. The molecule has 0 amide bonds. The Labute approximate surface area is 118 Å². The zero-order valence-electron chi connectivity index (χ0n) is 12.8. The van der Waals surface area contributed by atoms with Gasteiger partial charge in [-0.25, -0.2) is 0 Å². The highest BCUT2D eigenvalue weighted by molar-refractivity contribution is 5.28. The van der Waals surface area contributed by atoms with E-state index in [9.17, 15) is 5.11 Å². The second-order valence-corrected chi connectivity index (χ2v) is 5.98. The molecule has 108 valence electrons. The van der Waals surface area contributed by atoms with E-state index in [0.29, 0.717) is 18.4 Å². The predicted octanol–water partition coefficient (Wildman–Crippen LogP) is 3.65. The van der Waals surface area contributed by atoms with E-state index in [0.717, 1.165) is 18.4 Å². The van der Waals surface area contributed by atoms with Crippen LogP contribution in [0.1, 0.15) is 63.5 Å². The molecule has 0 radical (unpaired) electrons. The fourth-order valence-electron chi connectivity index (χ4n) is 2.39. The third kappa shape index (κ3) is 4.63. The summed E-state index contributed by atoms with van der Waals surface area (Å²) in [7, 11) is 0. The van der Waals surface area contributed by atoms with Crippen LogP contribution < -0.4 is 5.73 Å². The van der Waals surface area contributed by atoms with Crippen molar-refractivity contribution < 1.29 is 5.11 Å². The smallest absolute Gasteiger partial charge is 0.0623 e. The number of aliphatic hydroxyl groups excluding tert-OH is 1. The average Bonchev–Trinajstić information content (AvgIpc) is 2.40. The zero-order valence-corrected chi connectivity index (χ0v) is 12.8. The van der Waals surface area contributed by atoms with E-state index < -0.39 is 0 Å². The van der Waals surface area contributed by atoms with Crippen molar-refractivity contribution in [3.63, 3.8) is 0 Å². The summed E-state index contributed by atoms with van der Waals surface area (Å²) >= 11 is 0. The van der Waals surface area contributed by atoms with E-state index in [4.69, 9.17) is 5.73 Å². The van der Waals surface area contributed by atoms with Crippen molar-refractivity contribution in [2.24, 2.45) is 11.7 Å². The third-order valence-electron chi connectivity index (χ3n) is 4.09. The Morgan fingerprint density at radius 3 is 2.00 bits per heavy atom. The Balaban J connectivity index is 2.78. The van der Waals surface area contributed by atoms with E-state index in [1.165, 1.54) is 5.56 Å². The van der Waals surface area contributed by atoms with Gasteiger partial charge >= 0.3 is 0 Å². The van der Waals surface area contributed by atoms with Crippen LogP contribution in [-0.4, -0.2) is 17.8 Å². The Hall–Kier alpha value is -0.860. The Bertz CT molecular complexity index is 358. The Kier molecular flexibility index (Phi) is 6.53. The molecule has 19 heavy (non-hydrogen) atoms. The van der Waals surface area contributed by atoms with Crippen molar-refractivity contribution >= 4 is 0 Å². The summed E-state index contributed by atoms with van der Waals surface area (Å²) in [5.41, 5.74) is 8.35. The minimum Gasteiger partial charge on any atom is -0.392 e. The second-order valence-electron chi connectivity index (χ2n) is 5.98. The maximum Gasteiger partial charge on any atom is 0.0623 e. The summed E-state index contributed by atoms with van der Waals surface area (Å²) in [5, 5.41) is 10.4. The molecule has 3 atom stereocenters. The van der Waals surface area contributed by atoms with Crippen molar-refractivity contribution in [1.82, 2.24) is 0 Å². The van der Waals surface area contributed by atoms with E-state index in [2.05, 4.69) is 52.0 Å². The monoisotopic (exact) mass is 263 g/mol. The van der Waals surface area contributed by atoms with Gasteiger partial charge in [-0.2, -0.15) is 0 Å². The molecule has 3 unspecified atom stereocenters. The van der Waals surface area contributed by atoms with Crippen molar-refractivity contribution in [3.05, 3.63) is 35.4 Å². The lowest BCUT2D eigenvalue weighted by atomic mass is 9.86. The molecule has 2 heteroatoms. The number of benzene rings is 1. The Morgan fingerprint density at radius 2 is 1.58 bits per heavy atom. The molecule has 0 aliphatic carbocycles. The molecule has 3 N–H and O–H groups in total. The molecule has 0 spiro atoms. The van der Waals surface area contributed by atoms with Gasteiger partial charge in [0.2, 0.25) is 0 Å². The standard InChI is InChI=1S/C17H29NO/c1-5-13(4)10-17(19)16(11-18)15-8-6-14(7-9-15)12(2)3/h6-9,12-13,16-17,19H,5,10-11,18H2,1-4H3. The van der Waals surface area contributed by atoms with Gasteiger partial charge in [-0.3, -0.25) is 0 Å². The molecule has 0 bridgehead atoms. The highest BCUT2D eigenvalue weighted by Gasteiger charge is 2.21. The molecule has 0 fully saturated rings. The molecule has 0 saturated heterocycles. The van der Waals surface area contributed by atoms with Crippen LogP contribution in [0.15, 0.2) is 24.3 Å². The summed E-state index contributed by atoms with van der Waals surface area (Å²) in [6.45, 7) is 9.21. The normalized spacial score (nSPS) is 16.4. The summed E-state index contributed by atoms with van der Waals surface area (Å²) in [5.74, 6) is 1.13. The van der Waals surface area contributed by atoms with Crippen molar-refractivity contribution in [2.75, 3.05) is 6.54 Å². The first-order valence-electron chi connectivity index (χ1n) is 7.47. The lowest BCUT2D eigenvalue weighted by Gasteiger charge is -2.24. The largest absolute Gasteiger partial charge is 0.392 e. The van der Waals surface area contributed by atoms with Crippen LogP contribution in [0.4, 0.5) is 0 Å². The van der Waals surface area contributed by atoms with E-state index in [1.54, 1.807) is 0 Å². The highest BCUT2D eigenvalue weighted by atomic mass is 16.3. The predicted molar refractivity (Wildman–Crippen MR) is 82.4 cm³/mol. The van der Waals surface area contributed by atoms with Crippen molar-refractivity contribution in [2.45, 2.75) is 58.5 Å². The first-order valence-corrected chi connectivity index (χ1v) is 7.47. The van der Waals surface area contributed by atoms with Gasteiger partial charge in [0.1, 0.15) is 0 Å². The van der Waals surface area contributed by atoms with E-state index in [-0.39, 0.29) is 12.0 Å². The molecule has 0 saturated carbocycles. The summed E-state index contributed by atoms with van der Waals surface area (Å²) in [6.07, 6.45) is 1.58. The second kappa shape index (κ2) is 7.66. The number of rotatable bonds is 7. The molecule has 0 aliphatic rings. The van der Waals surface area contributed by atoms with Crippen LogP contribution in [0.2, 0.25) is 0 Å². The van der Waals surface area contributed by atoms with Crippen LogP contribution >= 0.6 is 0 Å². The average molecular weight is 263 g/mol. The van der Waals surface area contributed by atoms with Crippen LogP contribution in [0.5, 0.6) is 0 Å². The topological polar surface area (TPSA) is 46.2 Å². The van der Waals surface area contributed by atoms with Gasteiger partial charge in [0.15, 0.2) is 0 Å². The van der Waals surface area contributed by atoms with Crippen molar-refractivity contribution in [3.8, 4) is 0 Å². The first-order chi connectivity index (χ1) is 8.99. The van der Waals surface area contributed by atoms with Crippen LogP contribution in [0.3, 0.4) is 0 Å². The SMILES string of the molecule is CCC(C)CC(O)C(CN)c1ccc(C(C)C)cc1. The van der Waals surface area contributed by atoms with Crippen LogP contribution in [0.25, 0.3) is 0 Å². The molecule has 0 aliphatic heterocycles. The number of aliphatic hydroxyl groups is 1. The number of nitrogens with two attached hydrogens (primary N) is 1. The number of hydrogen-bond acceptors (Lipinski definition) is 2. The summed E-state index contributed by atoms with van der Waals surface area (Å²) < 4.78 is 0. The lowest BCUT2D eigenvalue weighted by Crippen LogP contribution is -2.27. The highest BCUT2D eigenvalue weighted by Crippen LogP contribution is 2.26. The van der Waals surface area contributed by atoms with Crippen LogP contribution in [-0.2, 0) is 0 Å². The third-order valence-corrected chi connectivity index (χ3v) is 4.09. The molecular weight excluding hydrogens is 234 g/mol. The number of hydrogen-bond donors (Lipinski definition) is 2. The maximum absolute atomic E-state index is 10.4. The molecule has 0 heterocycles. The molecule has 0 aromatic heterocycles. The summed E-state index contributed by atoms with van der Waals surface area (Å²) in [6, 6.07) is 8.54. The zero-order chi connectivity index (χ0) is 14.4. The van der Waals surface area contributed by atoms with Gasteiger partial charge in [0.25, 0.3) is 0 Å². The minimum atomic E-state index is -0.343. The van der Waals surface area contributed by atoms with Gasteiger partial charge < -0.3 is 10.8 Å². The van der Waals surface area contributed by atoms with Gasteiger partial charge in [-0.05, 0) is 29.4 Å². The Morgan fingerprint density at radius 1 is 1.05 bits per heavy atom. The van der Waals surface area contributed by atoms with Gasteiger partial charge in [0, 0.05) is 12.5 Å². The van der Waals surface area contributed by atoms with Gasteiger partial charge in [-0.1, -0.05) is 58.4 Å². The fourth-order valence-corrected chi connectivity index (χ4v) is 2.39. The molecular formula is C17H29NO. The van der Waals surface area contributed by atoms with Gasteiger partial charge in [0.05, 0.1) is 6.10 Å². The lowest BCUT2D eigenvalue weighted by molar-refractivity contribution is 0.118. The van der Waals surface area contributed by atoms with Crippen LogP contribution in [0, 0.1) is 5.92 Å². The molecule has 1 rings (SSSR count). The molecule has 1 aromatic carbocycles. The van der Waals surface area contributed by atoms with E-state index >= 15 is 0 Å².